The Kier molecular flexibility index (Phi) is 3.78. The minimum Gasteiger partial charge on any atom is -0.292 e. The summed E-state index contributed by atoms with van der Waals surface area (Å²) in [6.45, 7) is 2.47. The molecule has 1 spiro atoms. The standard InChI is InChI=1S/C21H24N2O3S/c1-15-8-10-17(11-9-15)27(24,25)23-14-18-20(22(2)26-21(18)12-13-21)19(23)16-6-4-3-5-7-16/h3-11,18-20H,12-14H2,1-2H3/t18-,19+,20-/m0/s1. The smallest absolute Gasteiger partial charge is 0.243 e. The van der Waals surface area contributed by atoms with E-state index >= 15 is 0 Å². The van der Waals surface area contributed by atoms with Gasteiger partial charge >= 0.3 is 0 Å². The number of hydroxylamine groups is 2. The van der Waals surface area contributed by atoms with Crippen molar-refractivity contribution in [3.8, 4) is 0 Å². The quantitative estimate of drug-likeness (QED) is 0.816. The van der Waals surface area contributed by atoms with E-state index in [-0.39, 0.29) is 23.6 Å². The summed E-state index contributed by atoms with van der Waals surface area (Å²) in [5, 5.41) is 1.92. The number of hydrogen-bond acceptors (Lipinski definition) is 4. The van der Waals surface area contributed by atoms with Crippen molar-refractivity contribution in [2.75, 3.05) is 13.6 Å². The molecule has 3 fully saturated rings. The van der Waals surface area contributed by atoms with Crippen LogP contribution in [0, 0.1) is 12.8 Å². The lowest BCUT2D eigenvalue weighted by Crippen LogP contribution is -2.38. The second-order valence-electron chi connectivity index (χ2n) is 8.04. The summed E-state index contributed by atoms with van der Waals surface area (Å²) in [7, 11) is -1.64. The molecule has 2 aromatic carbocycles. The van der Waals surface area contributed by atoms with Crippen molar-refractivity contribution in [3.05, 3.63) is 65.7 Å². The number of aryl methyl sites for hydroxylation is 1. The molecule has 0 aromatic heterocycles. The molecular formula is C21H24N2O3S. The van der Waals surface area contributed by atoms with Crippen LogP contribution in [-0.2, 0) is 14.9 Å². The number of fused-ring (bicyclic) bond motifs is 2. The fraction of sp³-hybridized carbons (Fsp3) is 0.429. The highest BCUT2D eigenvalue weighted by molar-refractivity contribution is 7.89. The Morgan fingerprint density at radius 2 is 1.70 bits per heavy atom. The second kappa shape index (κ2) is 5.88. The molecule has 3 aliphatic rings. The number of sulfonamides is 1. The first-order valence-electron chi connectivity index (χ1n) is 9.48. The molecule has 2 aromatic rings. The van der Waals surface area contributed by atoms with Gasteiger partial charge in [0.2, 0.25) is 10.0 Å². The van der Waals surface area contributed by atoms with Gasteiger partial charge in [0.1, 0.15) is 0 Å². The summed E-state index contributed by atoms with van der Waals surface area (Å²) in [4.78, 5) is 6.54. The van der Waals surface area contributed by atoms with Gasteiger partial charge in [-0.25, -0.2) is 8.42 Å². The fourth-order valence-corrected chi connectivity index (χ4v) is 6.50. The molecule has 2 aliphatic heterocycles. The number of hydrogen-bond donors (Lipinski definition) is 0. The molecular weight excluding hydrogens is 360 g/mol. The van der Waals surface area contributed by atoms with Crippen LogP contribution in [0.5, 0.6) is 0 Å². The first kappa shape index (κ1) is 17.4. The van der Waals surface area contributed by atoms with Crippen LogP contribution in [0.2, 0.25) is 0 Å². The van der Waals surface area contributed by atoms with E-state index in [4.69, 9.17) is 4.84 Å². The minimum atomic E-state index is -3.59. The minimum absolute atomic E-state index is 0.0372. The van der Waals surface area contributed by atoms with Gasteiger partial charge in [-0.05, 0) is 37.5 Å². The van der Waals surface area contributed by atoms with Gasteiger partial charge < -0.3 is 0 Å². The van der Waals surface area contributed by atoms with Crippen LogP contribution in [0.1, 0.15) is 30.0 Å². The Morgan fingerprint density at radius 1 is 1.04 bits per heavy atom. The molecule has 3 atom stereocenters. The second-order valence-corrected chi connectivity index (χ2v) is 9.93. The van der Waals surface area contributed by atoms with Gasteiger partial charge in [-0.1, -0.05) is 48.0 Å². The number of likely N-dealkylation sites (N-methyl/N-ethyl adjacent to an activating group) is 1. The monoisotopic (exact) mass is 384 g/mol. The van der Waals surface area contributed by atoms with E-state index in [1.54, 1.807) is 16.4 Å². The molecule has 5 rings (SSSR count). The Hall–Kier alpha value is -1.73. The van der Waals surface area contributed by atoms with Crippen LogP contribution >= 0.6 is 0 Å². The molecule has 6 heteroatoms. The van der Waals surface area contributed by atoms with Crippen LogP contribution in [0.4, 0.5) is 0 Å². The third-order valence-electron chi connectivity index (χ3n) is 6.36. The van der Waals surface area contributed by atoms with E-state index in [1.807, 2.05) is 61.5 Å². The predicted octanol–water partition coefficient (Wildman–Crippen LogP) is 3.14. The number of benzene rings is 2. The number of nitrogens with zero attached hydrogens (tertiary/aromatic N) is 2. The molecule has 0 bridgehead atoms. The molecule has 2 saturated heterocycles. The van der Waals surface area contributed by atoms with Crippen LogP contribution in [0.25, 0.3) is 0 Å². The number of rotatable bonds is 3. The van der Waals surface area contributed by atoms with Crippen molar-refractivity contribution in [1.29, 1.82) is 0 Å². The summed E-state index contributed by atoms with van der Waals surface area (Å²) in [5.74, 6) is 0.202. The molecule has 2 heterocycles. The Bertz CT molecular complexity index is 955. The molecule has 1 aliphatic carbocycles. The lowest BCUT2D eigenvalue weighted by molar-refractivity contribution is -0.163. The fourth-order valence-electron chi connectivity index (χ4n) is 4.84. The van der Waals surface area contributed by atoms with E-state index in [0.717, 1.165) is 24.0 Å². The first-order valence-corrected chi connectivity index (χ1v) is 10.9. The molecule has 0 unspecified atom stereocenters. The zero-order valence-corrected chi connectivity index (χ0v) is 16.4. The maximum atomic E-state index is 13.6. The highest BCUT2D eigenvalue weighted by atomic mass is 32.2. The van der Waals surface area contributed by atoms with Crippen LogP contribution in [-0.4, -0.2) is 43.0 Å². The van der Waals surface area contributed by atoms with Crippen molar-refractivity contribution in [2.45, 2.75) is 42.3 Å². The predicted molar refractivity (Wildman–Crippen MR) is 102 cm³/mol. The SMILES string of the molecule is Cc1ccc(S(=O)(=O)N2C[C@H]3[C@@H]([C@H]2c2ccccc2)N(C)OC32CC2)cc1. The van der Waals surface area contributed by atoms with Crippen LogP contribution in [0.15, 0.2) is 59.5 Å². The highest BCUT2D eigenvalue weighted by Crippen LogP contribution is 2.60. The van der Waals surface area contributed by atoms with E-state index in [1.165, 1.54) is 0 Å². The average Bonchev–Trinajstić information content (AvgIpc) is 3.22. The Labute approximate surface area is 160 Å². The van der Waals surface area contributed by atoms with Crippen molar-refractivity contribution in [2.24, 2.45) is 5.92 Å². The Balaban J connectivity index is 1.61. The molecule has 0 radical (unpaired) electrons. The van der Waals surface area contributed by atoms with E-state index in [0.29, 0.717) is 11.4 Å². The Morgan fingerprint density at radius 3 is 2.33 bits per heavy atom. The first-order chi connectivity index (χ1) is 12.9. The van der Waals surface area contributed by atoms with Gasteiger partial charge in [0.05, 0.1) is 22.6 Å². The zero-order chi connectivity index (χ0) is 18.8. The zero-order valence-electron chi connectivity index (χ0n) is 15.6. The summed E-state index contributed by atoms with van der Waals surface area (Å²) in [6.07, 6.45) is 2.02. The molecule has 1 saturated carbocycles. The van der Waals surface area contributed by atoms with Crippen molar-refractivity contribution in [1.82, 2.24) is 9.37 Å². The summed E-state index contributed by atoms with van der Waals surface area (Å²) >= 11 is 0. The largest absolute Gasteiger partial charge is 0.292 e. The third-order valence-corrected chi connectivity index (χ3v) is 8.22. The van der Waals surface area contributed by atoms with Gasteiger partial charge in [-0.3, -0.25) is 4.84 Å². The van der Waals surface area contributed by atoms with E-state index in [2.05, 4.69) is 0 Å². The summed E-state index contributed by atoms with van der Waals surface area (Å²) < 4.78 is 28.8. The van der Waals surface area contributed by atoms with Crippen LogP contribution in [0.3, 0.4) is 0 Å². The molecule has 27 heavy (non-hydrogen) atoms. The normalized spacial score (nSPS) is 29.9. The van der Waals surface area contributed by atoms with Crippen molar-refractivity contribution in [3.63, 3.8) is 0 Å². The maximum absolute atomic E-state index is 13.6. The lowest BCUT2D eigenvalue weighted by atomic mass is 9.90. The van der Waals surface area contributed by atoms with Gasteiger partial charge in [0, 0.05) is 19.5 Å². The van der Waals surface area contributed by atoms with Crippen molar-refractivity contribution < 1.29 is 13.3 Å². The summed E-state index contributed by atoms with van der Waals surface area (Å²) in [6, 6.07) is 16.9. The topological polar surface area (TPSA) is 49.9 Å². The summed E-state index contributed by atoms with van der Waals surface area (Å²) in [5.41, 5.74) is 1.91. The average molecular weight is 385 g/mol. The van der Waals surface area contributed by atoms with Gasteiger partial charge in [0.15, 0.2) is 0 Å². The maximum Gasteiger partial charge on any atom is 0.243 e. The van der Waals surface area contributed by atoms with Crippen LogP contribution < -0.4 is 0 Å². The molecule has 0 N–H and O–H groups in total. The van der Waals surface area contributed by atoms with Crippen molar-refractivity contribution >= 4 is 10.0 Å². The van der Waals surface area contributed by atoms with E-state index < -0.39 is 10.0 Å². The van der Waals surface area contributed by atoms with E-state index in [9.17, 15) is 8.42 Å². The molecule has 0 amide bonds. The van der Waals surface area contributed by atoms with Gasteiger partial charge in [0.25, 0.3) is 0 Å². The molecule has 142 valence electrons. The lowest BCUT2D eigenvalue weighted by Gasteiger charge is -2.30. The van der Waals surface area contributed by atoms with Gasteiger partial charge in [-0.2, -0.15) is 9.37 Å². The highest BCUT2D eigenvalue weighted by Gasteiger charge is 2.67. The third kappa shape index (κ3) is 2.58. The van der Waals surface area contributed by atoms with Gasteiger partial charge in [-0.15, -0.1) is 0 Å². The molecule has 5 nitrogen and oxygen atoms in total.